The first kappa shape index (κ1) is 15.0. The Morgan fingerprint density at radius 3 is 2.45 bits per heavy atom. The van der Waals surface area contributed by atoms with Crippen LogP contribution in [-0.2, 0) is 0 Å². The molecule has 20 heavy (non-hydrogen) atoms. The van der Waals surface area contributed by atoms with Crippen LogP contribution >= 0.6 is 39.1 Å². The standard InChI is InChI=1S/C12H5BrCl2FNO3/c13-6-1-2-9(16)11(3-6)20-12-5-8(15)7(14)4-10(12)17(18)19/h1-5H. The van der Waals surface area contributed by atoms with Gasteiger partial charge in [0.15, 0.2) is 11.6 Å². The number of nitro benzene ring substituents is 1. The summed E-state index contributed by atoms with van der Waals surface area (Å²) in [5, 5.41) is 11.0. The maximum atomic E-state index is 13.6. The van der Waals surface area contributed by atoms with Gasteiger partial charge in [0.25, 0.3) is 0 Å². The van der Waals surface area contributed by atoms with Gasteiger partial charge >= 0.3 is 5.69 Å². The molecule has 0 saturated heterocycles. The van der Waals surface area contributed by atoms with Gasteiger partial charge in [-0.05, 0) is 18.2 Å². The van der Waals surface area contributed by atoms with Crippen LogP contribution in [0.1, 0.15) is 0 Å². The minimum Gasteiger partial charge on any atom is -0.447 e. The van der Waals surface area contributed by atoms with Crippen LogP contribution < -0.4 is 4.74 Å². The first-order valence-corrected chi connectivity index (χ1v) is 6.69. The Balaban J connectivity index is 2.50. The lowest BCUT2D eigenvalue weighted by molar-refractivity contribution is -0.385. The highest BCUT2D eigenvalue weighted by Gasteiger charge is 2.20. The van der Waals surface area contributed by atoms with Crippen LogP contribution in [0.3, 0.4) is 0 Å². The maximum absolute atomic E-state index is 13.6. The smallest absolute Gasteiger partial charge is 0.313 e. The molecule has 0 amide bonds. The molecule has 0 spiro atoms. The van der Waals surface area contributed by atoms with E-state index < -0.39 is 16.4 Å². The highest BCUT2D eigenvalue weighted by Crippen LogP contribution is 2.39. The minimum atomic E-state index is -0.687. The molecule has 104 valence electrons. The average Bonchev–Trinajstić information content (AvgIpc) is 2.37. The second kappa shape index (κ2) is 5.95. The van der Waals surface area contributed by atoms with E-state index in [0.29, 0.717) is 4.47 Å². The van der Waals surface area contributed by atoms with Gasteiger partial charge in [0.1, 0.15) is 0 Å². The zero-order valence-electron chi connectivity index (χ0n) is 9.57. The third-order valence-corrected chi connectivity index (χ3v) is 3.53. The van der Waals surface area contributed by atoms with E-state index in [2.05, 4.69) is 15.9 Å². The molecule has 0 heterocycles. The molecule has 0 radical (unpaired) electrons. The fraction of sp³-hybridized carbons (Fsp3) is 0. The predicted octanol–water partition coefficient (Wildman–Crippen LogP) is 5.60. The quantitative estimate of drug-likeness (QED) is 0.514. The summed E-state index contributed by atoms with van der Waals surface area (Å²) in [7, 11) is 0. The van der Waals surface area contributed by atoms with Crippen molar-refractivity contribution in [2.75, 3.05) is 0 Å². The minimum absolute atomic E-state index is 0.0143. The SMILES string of the molecule is O=[N+]([O-])c1cc(Cl)c(Cl)cc1Oc1cc(Br)ccc1F. The van der Waals surface area contributed by atoms with Crippen molar-refractivity contribution in [2.24, 2.45) is 0 Å². The number of hydrogen-bond donors (Lipinski definition) is 0. The maximum Gasteiger partial charge on any atom is 0.313 e. The second-order valence-corrected chi connectivity index (χ2v) is 5.40. The van der Waals surface area contributed by atoms with Gasteiger partial charge in [0.05, 0.1) is 15.0 Å². The summed E-state index contributed by atoms with van der Waals surface area (Å²) in [6.45, 7) is 0. The fourth-order valence-corrected chi connectivity index (χ4v) is 2.07. The van der Waals surface area contributed by atoms with E-state index in [1.54, 1.807) is 0 Å². The Labute approximate surface area is 131 Å². The van der Waals surface area contributed by atoms with E-state index in [1.165, 1.54) is 24.3 Å². The molecule has 0 aliphatic rings. The molecule has 8 heteroatoms. The molecule has 0 N–H and O–H groups in total. The molecular weight excluding hydrogens is 376 g/mol. The van der Waals surface area contributed by atoms with E-state index >= 15 is 0 Å². The van der Waals surface area contributed by atoms with E-state index in [0.717, 1.165) is 6.07 Å². The normalized spacial score (nSPS) is 10.4. The lowest BCUT2D eigenvalue weighted by atomic mass is 10.3. The van der Waals surface area contributed by atoms with Gasteiger partial charge in [0, 0.05) is 16.6 Å². The third kappa shape index (κ3) is 3.20. The van der Waals surface area contributed by atoms with Crippen LogP contribution in [-0.4, -0.2) is 4.92 Å². The van der Waals surface area contributed by atoms with Crippen molar-refractivity contribution < 1.29 is 14.1 Å². The number of rotatable bonds is 3. The molecule has 0 aliphatic carbocycles. The number of nitro groups is 1. The zero-order valence-corrected chi connectivity index (χ0v) is 12.7. The summed E-state index contributed by atoms with van der Waals surface area (Å²) in [4.78, 5) is 10.3. The van der Waals surface area contributed by atoms with Crippen LogP contribution in [0.25, 0.3) is 0 Å². The third-order valence-electron chi connectivity index (χ3n) is 2.31. The summed E-state index contributed by atoms with van der Waals surface area (Å²) in [6.07, 6.45) is 0. The zero-order chi connectivity index (χ0) is 14.9. The summed E-state index contributed by atoms with van der Waals surface area (Å²) < 4.78 is 19.4. The average molecular weight is 381 g/mol. The molecule has 0 atom stereocenters. The van der Waals surface area contributed by atoms with Crippen LogP contribution in [0.5, 0.6) is 11.5 Å². The van der Waals surface area contributed by atoms with Gasteiger partial charge in [-0.3, -0.25) is 10.1 Å². The van der Waals surface area contributed by atoms with Crippen molar-refractivity contribution in [1.82, 2.24) is 0 Å². The Bertz CT molecular complexity index is 697. The van der Waals surface area contributed by atoms with Crippen molar-refractivity contribution in [3.05, 3.63) is 60.8 Å². The molecule has 0 fully saturated rings. The molecule has 0 unspecified atom stereocenters. The van der Waals surface area contributed by atoms with Crippen molar-refractivity contribution in [3.8, 4) is 11.5 Å². The van der Waals surface area contributed by atoms with E-state index in [4.69, 9.17) is 27.9 Å². The van der Waals surface area contributed by atoms with Crippen LogP contribution in [0.4, 0.5) is 10.1 Å². The topological polar surface area (TPSA) is 52.4 Å². The van der Waals surface area contributed by atoms with E-state index in [9.17, 15) is 14.5 Å². The Hall–Kier alpha value is -1.37. The van der Waals surface area contributed by atoms with Crippen LogP contribution in [0.2, 0.25) is 10.0 Å². The lowest BCUT2D eigenvalue weighted by Crippen LogP contribution is -1.95. The van der Waals surface area contributed by atoms with Gasteiger partial charge in [-0.25, -0.2) is 4.39 Å². The number of halogens is 4. The predicted molar refractivity (Wildman–Crippen MR) is 77.3 cm³/mol. The summed E-state index contributed by atoms with van der Waals surface area (Å²) in [6, 6.07) is 6.22. The fourth-order valence-electron chi connectivity index (χ4n) is 1.42. The van der Waals surface area contributed by atoms with Crippen LogP contribution in [0.15, 0.2) is 34.8 Å². The number of ether oxygens (including phenoxy) is 1. The Morgan fingerprint density at radius 1 is 1.15 bits per heavy atom. The molecule has 2 rings (SSSR count). The summed E-state index contributed by atoms with van der Waals surface area (Å²) in [5.41, 5.74) is -0.404. The summed E-state index contributed by atoms with van der Waals surface area (Å²) >= 11 is 14.7. The van der Waals surface area contributed by atoms with E-state index in [-0.39, 0.29) is 21.5 Å². The largest absolute Gasteiger partial charge is 0.447 e. The van der Waals surface area contributed by atoms with Gasteiger partial charge in [-0.15, -0.1) is 0 Å². The number of nitrogens with zero attached hydrogens (tertiary/aromatic N) is 1. The lowest BCUT2D eigenvalue weighted by Gasteiger charge is -2.08. The van der Waals surface area contributed by atoms with Gasteiger partial charge in [0.2, 0.25) is 5.75 Å². The molecule has 0 bridgehead atoms. The number of hydrogen-bond acceptors (Lipinski definition) is 3. The number of benzene rings is 2. The highest BCUT2D eigenvalue weighted by atomic mass is 79.9. The molecule has 0 saturated carbocycles. The first-order chi connectivity index (χ1) is 9.38. The molecule has 4 nitrogen and oxygen atoms in total. The molecule has 0 aliphatic heterocycles. The van der Waals surface area contributed by atoms with Gasteiger partial charge in [-0.1, -0.05) is 39.1 Å². The molecule has 2 aromatic carbocycles. The van der Waals surface area contributed by atoms with Crippen molar-refractivity contribution in [2.45, 2.75) is 0 Å². The monoisotopic (exact) mass is 379 g/mol. The molecule has 0 aromatic heterocycles. The van der Waals surface area contributed by atoms with E-state index in [1.807, 2.05) is 0 Å². The Kier molecular flexibility index (Phi) is 4.47. The first-order valence-electron chi connectivity index (χ1n) is 5.15. The molecule has 2 aromatic rings. The van der Waals surface area contributed by atoms with Crippen LogP contribution in [0, 0.1) is 15.9 Å². The van der Waals surface area contributed by atoms with Gasteiger partial charge < -0.3 is 4.74 Å². The highest BCUT2D eigenvalue weighted by molar-refractivity contribution is 9.10. The molecular formula is C12H5BrCl2FNO3. The second-order valence-electron chi connectivity index (χ2n) is 3.67. The summed E-state index contributed by atoms with van der Waals surface area (Å²) in [5.74, 6) is -1.02. The Morgan fingerprint density at radius 2 is 1.80 bits per heavy atom. The van der Waals surface area contributed by atoms with Crippen molar-refractivity contribution in [1.29, 1.82) is 0 Å². The van der Waals surface area contributed by atoms with Gasteiger partial charge in [-0.2, -0.15) is 0 Å². The van der Waals surface area contributed by atoms with Crippen molar-refractivity contribution >= 4 is 44.8 Å². The van der Waals surface area contributed by atoms with Crippen molar-refractivity contribution in [3.63, 3.8) is 0 Å².